The molecule has 0 unspecified atom stereocenters. The van der Waals surface area contributed by atoms with Crippen LogP contribution in [0.5, 0.6) is 0 Å². The molecule has 0 saturated carbocycles. The Morgan fingerprint density at radius 2 is 1.59 bits per heavy atom. The molecule has 3 heterocycles. The SMILES string of the molecule is N#Cc1cccnc1-c1cccc(-n2c3ccccc3c3c4oc5ccccc5c4ccc32)c1. The van der Waals surface area contributed by atoms with Crippen molar-refractivity contribution in [3.63, 3.8) is 0 Å². The fourth-order valence-electron chi connectivity index (χ4n) is 5.03. The Labute approximate surface area is 194 Å². The van der Waals surface area contributed by atoms with Crippen LogP contribution in [0.25, 0.3) is 60.7 Å². The number of hydrogen-bond donors (Lipinski definition) is 0. The molecule has 0 amide bonds. The van der Waals surface area contributed by atoms with Gasteiger partial charge in [-0.1, -0.05) is 48.5 Å². The quantitative estimate of drug-likeness (QED) is 0.281. The number of pyridine rings is 1. The van der Waals surface area contributed by atoms with Gasteiger partial charge in [0, 0.05) is 33.6 Å². The van der Waals surface area contributed by atoms with E-state index >= 15 is 0 Å². The Morgan fingerprint density at radius 1 is 0.735 bits per heavy atom. The van der Waals surface area contributed by atoms with E-state index < -0.39 is 0 Å². The van der Waals surface area contributed by atoms with Gasteiger partial charge in [0.25, 0.3) is 0 Å². The molecule has 0 N–H and O–H groups in total. The van der Waals surface area contributed by atoms with Crippen LogP contribution in [-0.2, 0) is 0 Å². The highest BCUT2D eigenvalue weighted by Crippen LogP contribution is 2.40. The summed E-state index contributed by atoms with van der Waals surface area (Å²) in [6.45, 7) is 0. The Hall–Kier alpha value is -4.88. The number of aromatic nitrogens is 2. The largest absolute Gasteiger partial charge is 0.455 e. The van der Waals surface area contributed by atoms with Gasteiger partial charge in [-0.25, -0.2) is 0 Å². The van der Waals surface area contributed by atoms with Crippen LogP contribution >= 0.6 is 0 Å². The summed E-state index contributed by atoms with van der Waals surface area (Å²) in [7, 11) is 0. The van der Waals surface area contributed by atoms with Crippen LogP contribution in [0, 0.1) is 11.3 Å². The van der Waals surface area contributed by atoms with Crippen molar-refractivity contribution in [3.8, 4) is 23.0 Å². The van der Waals surface area contributed by atoms with E-state index in [1.165, 1.54) is 0 Å². The van der Waals surface area contributed by atoms with E-state index in [0.29, 0.717) is 11.3 Å². The molecule has 7 rings (SSSR count). The Morgan fingerprint density at radius 3 is 2.50 bits per heavy atom. The number of hydrogen-bond acceptors (Lipinski definition) is 3. The third-order valence-corrected chi connectivity index (χ3v) is 6.49. The molecule has 0 spiro atoms. The lowest BCUT2D eigenvalue weighted by atomic mass is 10.1. The Kier molecular flexibility index (Phi) is 3.88. The minimum atomic E-state index is 0.561. The zero-order valence-corrected chi connectivity index (χ0v) is 18.1. The van der Waals surface area contributed by atoms with Crippen LogP contribution in [0.1, 0.15) is 5.56 Å². The first-order valence-electron chi connectivity index (χ1n) is 11.1. The van der Waals surface area contributed by atoms with Crippen LogP contribution in [-0.4, -0.2) is 9.55 Å². The first-order valence-corrected chi connectivity index (χ1v) is 11.1. The minimum Gasteiger partial charge on any atom is -0.455 e. The molecule has 3 aromatic heterocycles. The molecule has 4 aromatic carbocycles. The molecule has 0 aliphatic carbocycles. The smallest absolute Gasteiger partial charge is 0.145 e. The maximum Gasteiger partial charge on any atom is 0.145 e. The van der Waals surface area contributed by atoms with E-state index in [-0.39, 0.29) is 0 Å². The van der Waals surface area contributed by atoms with Gasteiger partial charge in [-0.05, 0) is 48.5 Å². The fraction of sp³-hybridized carbons (Fsp3) is 0. The van der Waals surface area contributed by atoms with Gasteiger partial charge in [-0.3, -0.25) is 4.98 Å². The van der Waals surface area contributed by atoms with Gasteiger partial charge in [0.2, 0.25) is 0 Å². The average Bonchev–Trinajstić information content (AvgIpc) is 3.44. The first-order chi connectivity index (χ1) is 16.8. The summed E-state index contributed by atoms with van der Waals surface area (Å²) in [5, 5.41) is 14.1. The van der Waals surface area contributed by atoms with Gasteiger partial charge in [0.15, 0.2) is 0 Å². The van der Waals surface area contributed by atoms with Crippen molar-refractivity contribution in [3.05, 3.63) is 109 Å². The van der Waals surface area contributed by atoms with Gasteiger partial charge >= 0.3 is 0 Å². The number of nitrogens with zero attached hydrogens (tertiary/aromatic N) is 3. The third kappa shape index (κ3) is 2.55. The van der Waals surface area contributed by atoms with Crippen LogP contribution in [0.2, 0.25) is 0 Å². The summed E-state index contributed by atoms with van der Waals surface area (Å²) in [6.07, 6.45) is 1.72. The van der Waals surface area contributed by atoms with Crippen molar-refractivity contribution in [2.24, 2.45) is 0 Å². The molecular weight excluding hydrogens is 418 g/mol. The van der Waals surface area contributed by atoms with Crippen molar-refractivity contribution >= 4 is 43.7 Å². The van der Waals surface area contributed by atoms with Crippen molar-refractivity contribution in [1.29, 1.82) is 5.26 Å². The summed E-state index contributed by atoms with van der Waals surface area (Å²) in [5.74, 6) is 0. The van der Waals surface area contributed by atoms with E-state index in [1.807, 2.05) is 30.3 Å². The van der Waals surface area contributed by atoms with Crippen molar-refractivity contribution in [2.45, 2.75) is 0 Å². The molecular formula is C30H17N3O. The standard InChI is InChI=1S/C30H17N3O/c31-18-20-8-6-16-32-29(20)19-7-5-9-21(17-19)33-25-12-3-1-11-24(25)28-26(33)15-14-23-22-10-2-4-13-27(22)34-30(23)28/h1-17H. The van der Waals surface area contributed by atoms with Gasteiger partial charge in [-0.15, -0.1) is 0 Å². The van der Waals surface area contributed by atoms with Crippen LogP contribution in [0.4, 0.5) is 0 Å². The molecule has 158 valence electrons. The van der Waals surface area contributed by atoms with Crippen molar-refractivity contribution in [1.82, 2.24) is 9.55 Å². The maximum atomic E-state index is 9.57. The van der Waals surface area contributed by atoms with E-state index in [9.17, 15) is 5.26 Å². The van der Waals surface area contributed by atoms with Gasteiger partial charge in [-0.2, -0.15) is 5.26 Å². The van der Waals surface area contributed by atoms with Crippen LogP contribution in [0.15, 0.2) is 108 Å². The highest BCUT2D eigenvalue weighted by Gasteiger charge is 2.18. The second-order valence-electron chi connectivity index (χ2n) is 8.35. The number of nitriles is 1. The van der Waals surface area contributed by atoms with E-state index in [0.717, 1.165) is 55.0 Å². The predicted octanol–water partition coefficient (Wildman–Crippen LogP) is 7.62. The van der Waals surface area contributed by atoms with Crippen LogP contribution in [0.3, 0.4) is 0 Å². The summed E-state index contributed by atoms with van der Waals surface area (Å²) in [4.78, 5) is 4.49. The summed E-state index contributed by atoms with van der Waals surface area (Å²) < 4.78 is 8.65. The predicted molar refractivity (Wildman–Crippen MR) is 136 cm³/mol. The summed E-state index contributed by atoms with van der Waals surface area (Å²) in [5.41, 5.74) is 7.14. The average molecular weight is 435 g/mol. The zero-order valence-electron chi connectivity index (χ0n) is 18.1. The van der Waals surface area contributed by atoms with E-state index in [1.54, 1.807) is 18.3 Å². The Bertz CT molecular complexity index is 1930. The third-order valence-electron chi connectivity index (χ3n) is 6.49. The van der Waals surface area contributed by atoms with Crippen LogP contribution < -0.4 is 0 Å². The molecule has 34 heavy (non-hydrogen) atoms. The van der Waals surface area contributed by atoms with Crippen molar-refractivity contribution < 1.29 is 4.42 Å². The second kappa shape index (κ2) is 7.06. The lowest BCUT2D eigenvalue weighted by molar-refractivity contribution is 0.673. The molecule has 7 aromatic rings. The number of fused-ring (bicyclic) bond motifs is 7. The molecule has 0 bridgehead atoms. The van der Waals surface area contributed by atoms with Gasteiger partial charge in [0.1, 0.15) is 17.2 Å². The van der Waals surface area contributed by atoms with Gasteiger partial charge in [0.05, 0.1) is 27.7 Å². The molecule has 0 atom stereocenters. The molecule has 0 radical (unpaired) electrons. The Balaban J connectivity index is 1.57. The van der Waals surface area contributed by atoms with E-state index in [2.05, 4.69) is 70.2 Å². The molecule has 0 aliphatic rings. The number of benzene rings is 4. The lowest BCUT2D eigenvalue weighted by Crippen LogP contribution is -1.95. The number of furan rings is 1. The summed E-state index contributed by atoms with van der Waals surface area (Å²) >= 11 is 0. The lowest BCUT2D eigenvalue weighted by Gasteiger charge is -2.10. The molecule has 0 aliphatic heterocycles. The number of para-hydroxylation sites is 2. The summed E-state index contributed by atoms with van der Waals surface area (Å²) in [6, 6.07) is 35.0. The number of rotatable bonds is 2. The molecule has 0 saturated heterocycles. The van der Waals surface area contributed by atoms with E-state index in [4.69, 9.17) is 4.42 Å². The topological polar surface area (TPSA) is 54.8 Å². The van der Waals surface area contributed by atoms with Crippen molar-refractivity contribution in [2.75, 3.05) is 0 Å². The molecule has 0 fully saturated rings. The van der Waals surface area contributed by atoms with Gasteiger partial charge < -0.3 is 8.98 Å². The highest BCUT2D eigenvalue weighted by molar-refractivity contribution is 6.23. The zero-order chi connectivity index (χ0) is 22.6. The minimum absolute atomic E-state index is 0.561. The molecule has 4 heteroatoms. The first kappa shape index (κ1) is 18.7. The second-order valence-corrected chi connectivity index (χ2v) is 8.35. The highest BCUT2D eigenvalue weighted by atomic mass is 16.3. The maximum absolute atomic E-state index is 9.57. The fourth-order valence-corrected chi connectivity index (χ4v) is 5.03. The monoisotopic (exact) mass is 435 g/mol. The molecule has 4 nitrogen and oxygen atoms in total. The normalized spacial score (nSPS) is 11.5.